The predicted molar refractivity (Wildman–Crippen MR) is 78.3 cm³/mol. The third kappa shape index (κ3) is 2.95. The minimum absolute atomic E-state index is 0.803. The van der Waals surface area contributed by atoms with E-state index in [1.54, 1.807) is 0 Å². The smallest absolute Gasteiger partial charge is 0.0611 e. The first kappa shape index (κ1) is 12.7. The van der Waals surface area contributed by atoms with Crippen LogP contribution in [0.15, 0.2) is 22.7 Å². The molecule has 0 aliphatic carbocycles. The van der Waals surface area contributed by atoms with Crippen LogP contribution >= 0.6 is 15.9 Å². The van der Waals surface area contributed by atoms with Gasteiger partial charge in [-0.1, -0.05) is 29.8 Å². The second-order valence-electron chi connectivity index (χ2n) is 5.27. The summed E-state index contributed by atoms with van der Waals surface area (Å²) in [7, 11) is 0. The van der Waals surface area contributed by atoms with Gasteiger partial charge in [-0.15, -0.1) is 0 Å². The fourth-order valence-corrected chi connectivity index (χ4v) is 2.95. The monoisotopic (exact) mass is 296 g/mol. The zero-order chi connectivity index (χ0) is 12.4. The number of rotatable bonds is 2. The Bertz CT molecular complexity index is 382. The molecule has 0 atom stereocenters. The highest BCUT2D eigenvalue weighted by Crippen LogP contribution is 2.32. The Labute approximate surface area is 112 Å². The van der Waals surface area contributed by atoms with Crippen molar-refractivity contribution in [1.29, 1.82) is 0 Å². The third-order valence-electron chi connectivity index (χ3n) is 3.82. The Balaban J connectivity index is 2.07. The van der Waals surface area contributed by atoms with Crippen molar-refractivity contribution < 1.29 is 0 Å². The Kier molecular flexibility index (Phi) is 3.97. The van der Waals surface area contributed by atoms with E-state index in [0.717, 1.165) is 35.1 Å². The molecule has 0 bridgehead atoms. The summed E-state index contributed by atoms with van der Waals surface area (Å²) in [5.41, 5.74) is 8.12. The normalized spacial score (nSPS) is 17.8. The Hall–Kier alpha value is -0.700. The molecule has 2 N–H and O–H groups in total. The molecular formula is C14H21BrN2. The van der Waals surface area contributed by atoms with Crippen LogP contribution in [-0.2, 0) is 0 Å². The van der Waals surface area contributed by atoms with Gasteiger partial charge in [-0.3, -0.25) is 0 Å². The van der Waals surface area contributed by atoms with Crippen molar-refractivity contribution in [2.24, 2.45) is 11.8 Å². The topological polar surface area (TPSA) is 29.3 Å². The lowest BCUT2D eigenvalue weighted by Gasteiger charge is -2.36. The number of nitrogens with two attached hydrogens (primary N) is 1. The molecule has 1 aromatic carbocycles. The quantitative estimate of drug-likeness (QED) is 0.839. The molecule has 1 saturated heterocycles. The number of benzene rings is 1. The molecule has 1 heterocycles. The van der Waals surface area contributed by atoms with Crippen LogP contribution in [0.3, 0.4) is 0 Å². The van der Waals surface area contributed by atoms with Gasteiger partial charge in [0.1, 0.15) is 0 Å². The largest absolute Gasteiger partial charge is 0.397 e. The number of anilines is 2. The Morgan fingerprint density at radius 3 is 2.53 bits per heavy atom. The van der Waals surface area contributed by atoms with E-state index in [0.29, 0.717) is 0 Å². The number of nitrogens with zero attached hydrogens (tertiary/aromatic N) is 1. The molecule has 2 rings (SSSR count). The molecule has 1 aliphatic rings. The first-order chi connectivity index (χ1) is 8.08. The summed E-state index contributed by atoms with van der Waals surface area (Å²) >= 11 is 3.52. The Morgan fingerprint density at radius 2 is 1.94 bits per heavy atom. The predicted octanol–water partition coefficient (Wildman–Crippen LogP) is 3.90. The molecule has 2 nitrogen and oxygen atoms in total. The van der Waals surface area contributed by atoms with Crippen molar-refractivity contribution in [2.45, 2.75) is 26.7 Å². The zero-order valence-corrected chi connectivity index (χ0v) is 12.2. The number of halogens is 1. The summed E-state index contributed by atoms with van der Waals surface area (Å²) in [6.07, 6.45) is 2.56. The van der Waals surface area contributed by atoms with Crippen LogP contribution < -0.4 is 10.6 Å². The lowest BCUT2D eigenvalue weighted by atomic mass is 9.86. The van der Waals surface area contributed by atoms with Gasteiger partial charge in [0.05, 0.1) is 11.4 Å². The maximum absolute atomic E-state index is 6.05. The second-order valence-corrected chi connectivity index (χ2v) is 6.19. The highest BCUT2D eigenvalue weighted by molar-refractivity contribution is 9.10. The third-order valence-corrected chi connectivity index (χ3v) is 4.31. The van der Waals surface area contributed by atoms with E-state index in [1.165, 1.54) is 18.5 Å². The highest BCUT2D eigenvalue weighted by atomic mass is 79.9. The average Bonchev–Trinajstić information content (AvgIpc) is 2.32. The summed E-state index contributed by atoms with van der Waals surface area (Å²) in [5.74, 6) is 1.68. The molecule has 0 unspecified atom stereocenters. The van der Waals surface area contributed by atoms with Gasteiger partial charge in [-0.25, -0.2) is 0 Å². The van der Waals surface area contributed by atoms with Gasteiger partial charge in [0.2, 0.25) is 0 Å². The van der Waals surface area contributed by atoms with Gasteiger partial charge >= 0.3 is 0 Å². The van der Waals surface area contributed by atoms with E-state index in [2.05, 4.69) is 40.7 Å². The van der Waals surface area contributed by atoms with Gasteiger partial charge < -0.3 is 10.6 Å². The van der Waals surface area contributed by atoms with E-state index >= 15 is 0 Å². The zero-order valence-electron chi connectivity index (χ0n) is 10.6. The Morgan fingerprint density at radius 1 is 1.29 bits per heavy atom. The molecule has 1 aromatic rings. The van der Waals surface area contributed by atoms with Crippen molar-refractivity contribution in [3.8, 4) is 0 Å². The summed E-state index contributed by atoms with van der Waals surface area (Å²) in [4.78, 5) is 2.42. The van der Waals surface area contributed by atoms with Crippen molar-refractivity contribution in [2.75, 3.05) is 23.7 Å². The van der Waals surface area contributed by atoms with Crippen molar-refractivity contribution in [3.63, 3.8) is 0 Å². The van der Waals surface area contributed by atoms with E-state index in [-0.39, 0.29) is 0 Å². The molecule has 0 amide bonds. The first-order valence-electron chi connectivity index (χ1n) is 6.38. The molecular weight excluding hydrogens is 276 g/mol. The molecule has 0 radical (unpaired) electrons. The molecule has 94 valence electrons. The molecule has 3 heteroatoms. The van der Waals surface area contributed by atoms with Crippen molar-refractivity contribution in [3.05, 3.63) is 22.7 Å². The summed E-state index contributed by atoms with van der Waals surface area (Å²) in [5, 5.41) is 0. The number of nitrogen functional groups attached to an aromatic ring is 1. The van der Waals surface area contributed by atoms with Crippen LogP contribution in [0.2, 0.25) is 0 Å². The van der Waals surface area contributed by atoms with E-state index in [9.17, 15) is 0 Å². The molecule has 0 spiro atoms. The standard InChI is InChI=1S/C14H21BrN2/c1-10(2)11-5-7-17(8-6-11)14-9-12(15)3-4-13(14)16/h3-4,9-11H,5-8,16H2,1-2H3. The van der Waals surface area contributed by atoms with E-state index in [4.69, 9.17) is 5.73 Å². The highest BCUT2D eigenvalue weighted by Gasteiger charge is 2.22. The molecule has 1 fully saturated rings. The second kappa shape index (κ2) is 5.30. The number of hydrogen-bond donors (Lipinski definition) is 1. The van der Waals surface area contributed by atoms with Gasteiger partial charge in [-0.05, 0) is 42.9 Å². The van der Waals surface area contributed by atoms with Gasteiger partial charge in [0, 0.05) is 17.6 Å². The fraction of sp³-hybridized carbons (Fsp3) is 0.571. The SMILES string of the molecule is CC(C)C1CCN(c2cc(Br)ccc2N)CC1. The van der Waals surface area contributed by atoms with Crippen LogP contribution in [0.25, 0.3) is 0 Å². The van der Waals surface area contributed by atoms with Gasteiger partial charge in [-0.2, -0.15) is 0 Å². The van der Waals surface area contributed by atoms with Gasteiger partial charge in [0.15, 0.2) is 0 Å². The average molecular weight is 297 g/mol. The first-order valence-corrected chi connectivity index (χ1v) is 7.17. The minimum Gasteiger partial charge on any atom is -0.397 e. The van der Waals surface area contributed by atoms with Crippen LogP contribution in [0, 0.1) is 11.8 Å². The van der Waals surface area contributed by atoms with Crippen LogP contribution in [0.5, 0.6) is 0 Å². The molecule has 0 aromatic heterocycles. The molecule has 17 heavy (non-hydrogen) atoms. The van der Waals surface area contributed by atoms with Crippen LogP contribution in [0.4, 0.5) is 11.4 Å². The lowest BCUT2D eigenvalue weighted by molar-refractivity contribution is 0.311. The number of hydrogen-bond acceptors (Lipinski definition) is 2. The fourth-order valence-electron chi connectivity index (χ4n) is 2.60. The lowest BCUT2D eigenvalue weighted by Crippen LogP contribution is -2.35. The van der Waals surface area contributed by atoms with Gasteiger partial charge in [0.25, 0.3) is 0 Å². The molecule has 0 saturated carbocycles. The van der Waals surface area contributed by atoms with Crippen LogP contribution in [0.1, 0.15) is 26.7 Å². The summed E-state index contributed by atoms with van der Waals surface area (Å²) < 4.78 is 1.10. The molecule has 1 aliphatic heterocycles. The number of piperidine rings is 1. The summed E-state index contributed by atoms with van der Waals surface area (Å²) in [6, 6.07) is 6.11. The van der Waals surface area contributed by atoms with E-state index in [1.807, 2.05) is 12.1 Å². The van der Waals surface area contributed by atoms with Crippen molar-refractivity contribution in [1.82, 2.24) is 0 Å². The minimum atomic E-state index is 0.803. The maximum Gasteiger partial charge on any atom is 0.0611 e. The maximum atomic E-state index is 6.05. The van der Waals surface area contributed by atoms with Crippen LogP contribution in [-0.4, -0.2) is 13.1 Å². The van der Waals surface area contributed by atoms with E-state index < -0.39 is 0 Å². The van der Waals surface area contributed by atoms with Crippen molar-refractivity contribution >= 4 is 27.3 Å². The summed E-state index contributed by atoms with van der Waals surface area (Å²) in [6.45, 7) is 6.91.